The molecule has 1 aliphatic heterocycles. The van der Waals surface area contributed by atoms with E-state index in [1.165, 1.54) is 0 Å². The van der Waals surface area contributed by atoms with Gasteiger partial charge in [0, 0.05) is 13.1 Å². The first-order valence-corrected chi connectivity index (χ1v) is 7.71. The smallest absolute Gasteiger partial charge is 0.230 e. The van der Waals surface area contributed by atoms with Gasteiger partial charge in [-0.15, -0.1) is 0 Å². The lowest BCUT2D eigenvalue weighted by Crippen LogP contribution is -2.36. The fourth-order valence-electron chi connectivity index (χ4n) is 3.03. The largest absolute Gasteiger partial charge is 0.342 e. The molecule has 0 aromatic heterocycles. The Labute approximate surface area is 122 Å². The summed E-state index contributed by atoms with van der Waals surface area (Å²) in [5, 5.41) is 0. The highest BCUT2D eigenvalue weighted by Gasteiger charge is 2.33. The summed E-state index contributed by atoms with van der Waals surface area (Å²) in [6.07, 6.45) is 2.06. The Balaban J connectivity index is 2.17. The number of hydrogen-bond donors (Lipinski definition) is 1. The molecule has 1 saturated heterocycles. The van der Waals surface area contributed by atoms with Crippen LogP contribution in [0.5, 0.6) is 0 Å². The lowest BCUT2D eigenvalue weighted by Gasteiger charge is -2.28. The van der Waals surface area contributed by atoms with Crippen LogP contribution >= 0.6 is 0 Å². The van der Waals surface area contributed by atoms with Crippen molar-refractivity contribution >= 4 is 5.91 Å². The number of hydrogen-bond acceptors (Lipinski definition) is 2. The summed E-state index contributed by atoms with van der Waals surface area (Å²) >= 11 is 0. The zero-order valence-electron chi connectivity index (χ0n) is 12.6. The first kappa shape index (κ1) is 15.0. The third-order valence-corrected chi connectivity index (χ3v) is 4.57. The fourth-order valence-corrected chi connectivity index (χ4v) is 3.03. The Hall–Kier alpha value is -1.35. The predicted octanol–water partition coefficient (Wildman–Crippen LogP) is 2.62. The summed E-state index contributed by atoms with van der Waals surface area (Å²) < 4.78 is 0. The maximum absolute atomic E-state index is 12.9. The van der Waals surface area contributed by atoms with Crippen LogP contribution in [-0.2, 0) is 4.79 Å². The number of nitrogens with zero attached hydrogens (tertiary/aromatic N) is 1. The molecule has 0 saturated carbocycles. The van der Waals surface area contributed by atoms with Gasteiger partial charge in [0.1, 0.15) is 0 Å². The van der Waals surface area contributed by atoms with E-state index in [1.807, 2.05) is 23.1 Å². The van der Waals surface area contributed by atoms with Gasteiger partial charge in [-0.1, -0.05) is 50.6 Å². The van der Waals surface area contributed by atoms with E-state index in [1.54, 1.807) is 0 Å². The monoisotopic (exact) mass is 274 g/mol. The van der Waals surface area contributed by atoms with Gasteiger partial charge in [-0.05, 0) is 30.4 Å². The standard InChI is InChI=1S/C17H26N2O/c1-3-13(2)16(15-7-5-4-6-8-15)17(20)19-10-9-14(11-18)12-19/h4-8,13-14,16H,3,9-12,18H2,1-2H3. The van der Waals surface area contributed by atoms with Crippen LogP contribution in [-0.4, -0.2) is 30.4 Å². The average Bonchev–Trinajstić information content (AvgIpc) is 2.97. The van der Waals surface area contributed by atoms with Crippen molar-refractivity contribution in [1.82, 2.24) is 4.90 Å². The molecular formula is C17H26N2O. The molecule has 1 fully saturated rings. The minimum atomic E-state index is -0.0160. The van der Waals surface area contributed by atoms with Crippen molar-refractivity contribution in [3.05, 3.63) is 35.9 Å². The molecule has 2 rings (SSSR count). The molecule has 3 atom stereocenters. The molecule has 1 amide bonds. The molecule has 3 unspecified atom stereocenters. The van der Waals surface area contributed by atoms with Crippen molar-refractivity contribution in [2.75, 3.05) is 19.6 Å². The summed E-state index contributed by atoms with van der Waals surface area (Å²) in [5.41, 5.74) is 6.87. The molecule has 3 heteroatoms. The Kier molecular flexibility index (Phi) is 5.18. The third-order valence-electron chi connectivity index (χ3n) is 4.57. The molecule has 0 spiro atoms. The zero-order chi connectivity index (χ0) is 14.5. The minimum Gasteiger partial charge on any atom is -0.342 e. The number of carbonyl (C=O) groups excluding carboxylic acids is 1. The van der Waals surface area contributed by atoms with Crippen molar-refractivity contribution < 1.29 is 4.79 Å². The quantitative estimate of drug-likeness (QED) is 0.897. The van der Waals surface area contributed by atoms with E-state index in [4.69, 9.17) is 5.73 Å². The minimum absolute atomic E-state index is 0.0160. The Morgan fingerprint density at radius 2 is 2.10 bits per heavy atom. The lowest BCUT2D eigenvalue weighted by molar-refractivity contribution is -0.133. The topological polar surface area (TPSA) is 46.3 Å². The number of likely N-dealkylation sites (tertiary alicyclic amines) is 1. The van der Waals surface area contributed by atoms with Crippen LogP contribution in [0.2, 0.25) is 0 Å². The second-order valence-electron chi connectivity index (χ2n) is 5.95. The van der Waals surface area contributed by atoms with Crippen LogP contribution in [0.4, 0.5) is 0 Å². The van der Waals surface area contributed by atoms with Crippen LogP contribution in [0.25, 0.3) is 0 Å². The molecule has 3 nitrogen and oxygen atoms in total. The van der Waals surface area contributed by atoms with Gasteiger partial charge in [0.15, 0.2) is 0 Å². The summed E-state index contributed by atoms with van der Waals surface area (Å²) in [7, 11) is 0. The van der Waals surface area contributed by atoms with Crippen LogP contribution < -0.4 is 5.73 Å². The van der Waals surface area contributed by atoms with Crippen LogP contribution in [0.3, 0.4) is 0 Å². The normalized spacial score (nSPS) is 21.8. The number of nitrogens with two attached hydrogens (primary N) is 1. The van der Waals surface area contributed by atoms with E-state index in [-0.39, 0.29) is 11.8 Å². The summed E-state index contributed by atoms with van der Waals surface area (Å²) in [6, 6.07) is 10.2. The van der Waals surface area contributed by atoms with Gasteiger partial charge >= 0.3 is 0 Å². The van der Waals surface area contributed by atoms with Crippen molar-refractivity contribution in [3.8, 4) is 0 Å². The van der Waals surface area contributed by atoms with Crippen molar-refractivity contribution in [2.24, 2.45) is 17.6 Å². The van der Waals surface area contributed by atoms with Gasteiger partial charge in [0.2, 0.25) is 5.91 Å². The van der Waals surface area contributed by atoms with Gasteiger partial charge < -0.3 is 10.6 Å². The molecule has 20 heavy (non-hydrogen) atoms. The molecule has 0 bridgehead atoms. The summed E-state index contributed by atoms with van der Waals surface area (Å²) in [5.74, 6) is 1.10. The SMILES string of the molecule is CCC(C)C(C(=O)N1CCC(CN)C1)c1ccccc1. The fraction of sp³-hybridized carbons (Fsp3) is 0.588. The number of amides is 1. The van der Waals surface area contributed by atoms with E-state index in [0.717, 1.165) is 31.5 Å². The van der Waals surface area contributed by atoms with Crippen molar-refractivity contribution in [2.45, 2.75) is 32.6 Å². The Bertz CT molecular complexity index is 432. The third kappa shape index (κ3) is 3.21. The van der Waals surface area contributed by atoms with E-state index in [0.29, 0.717) is 18.4 Å². The zero-order valence-corrected chi connectivity index (χ0v) is 12.6. The number of carbonyl (C=O) groups is 1. The lowest BCUT2D eigenvalue weighted by atomic mass is 9.84. The maximum atomic E-state index is 12.9. The van der Waals surface area contributed by atoms with Gasteiger partial charge in [0.25, 0.3) is 0 Å². The molecule has 2 N–H and O–H groups in total. The van der Waals surface area contributed by atoms with Crippen molar-refractivity contribution in [1.29, 1.82) is 0 Å². The highest BCUT2D eigenvalue weighted by atomic mass is 16.2. The van der Waals surface area contributed by atoms with E-state index < -0.39 is 0 Å². The molecule has 1 aromatic carbocycles. The molecule has 1 aliphatic rings. The molecule has 0 aliphatic carbocycles. The second kappa shape index (κ2) is 6.89. The van der Waals surface area contributed by atoms with Crippen LogP contribution in [0, 0.1) is 11.8 Å². The maximum Gasteiger partial charge on any atom is 0.230 e. The summed E-state index contributed by atoms with van der Waals surface area (Å²) in [6.45, 7) is 6.70. The predicted molar refractivity (Wildman–Crippen MR) is 82.4 cm³/mol. The van der Waals surface area contributed by atoms with E-state index in [2.05, 4.69) is 26.0 Å². The summed E-state index contributed by atoms with van der Waals surface area (Å²) in [4.78, 5) is 14.9. The molecule has 1 aromatic rings. The molecule has 1 heterocycles. The van der Waals surface area contributed by atoms with Crippen LogP contribution in [0.1, 0.15) is 38.2 Å². The number of rotatable bonds is 5. The first-order chi connectivity index (χ1) is 9.67. The Morgan fingerprint density at radius 1 is 1.40 bits per heavy atom. The van der Waals surface area contributed by atoms with Crippen molar-refractivity contribution in [3.63, 3.8) is 0 Å². The first-order valence-electron chi connectivity index (χ1n) is 7.71. The average molecular weight is 274 g/mol. The van der Waals surface area contributed by atoms with Crippen LogP contribution in [0.15, 0.2) is 30.3 Å². The highest BCUT2D eigenvalue weighted by Crippen LogP contribution is 2.30. The van der Waals surface area contributed by atoms with Gasteiger partial charge in [-0.3, -0.25) is 4.79 Å². The number of benzene rings is 1. The molecular weight excluding hydrogens is 248 g/mol. The molecule has 0 radical (unpaired) electrons. The second-order valence-corrected chi connectivity index (χ2v) is 5.95. The molecule has 110 valence electrons. The van der Waals surface area contributed by atoms with Gasteiger partial charge in [-0.2, -0.15) is 0 Å². The van der Waals surface area contributed by atoms with Gasteiger partial charge in [0.05, 0.1) is 5.92 Å². The van der Waals surface area contributed by atoms with E-state index >= 15 is 0 Å². The highest BCUT2D eigenvalue weighted by molar-refractivity contribution is 5.84. The van der Waals surface area contributed by atoms with Gasteiger partial charge in [-0.25, -0.2) is 0 Å². The Morgan fingerprint density at radius 3 is 2.65 bits per heavy atom. The van der Waals surface area contributed by atoms with E-state index in [9.17, 15) is 4.79 Å².